The van der Waals surface area contributed by atoms with Crippen LogP contribution in [0.1, 0.15) is 35.0 Å². The highest BCUT2D eigenvalue weighted by atomic mass is 35.5. The number of carbonyl (C=O) groups excluding carboxylic acids is 2. The Morgan fingerprint density at radius 2 is 2.00 bits per heavy atom. The molecule has 0 saturated heterocycles. The maximum absolute atomic E-state index is 12.7. The van der Waals surface area contributed by atoms with Gasteiger partial charge < -0.3 is 10.6 Å². The smallest absolute Gasteiger partial charge is 0.252 e. The molecule has 1 heterocycles. The fourth-order valence-corrected chi connectivity index (χ4v) is 3.17. The molecule has 5 nitrogen and oxygen atoms in total. The summed E-state index contributed by atoms with van der Waals surface area (Å²) in [5.41, 5.74) is 3.50. The molecule has 0 bridgehead atoms. The molecule has 1 aromatic carbocycles. The molecule has 2 amide bonds. The second kappa shape index (κ2) is 6.54. The first-order valence-corrected chi connectivity index (χ1v) is 8.07. The normalized spacial score (nSPS) is 13.0. The second-order valence-corrected chi connectivity index (χ2v) is 6.10. The summed E-state index contributed by atoms with van der Waals surface area (Å²) in [4.78, 5) is 28.2. The van der Waals surface area contributed by atoms with Crippen LogP contribution < -0.4 is 10.6 Å². The molecule has 120 valence electrons. The number of amides is 2. The zero-order chi connectivity index (χ0) is 16.4. The number of nitrogens with zero attached hydrogens (tertiary/aromatic N) is 1. The van der Waals surface area contributed by atoms with Crippen molar-refractivity contribution in [2.75, 3.05) is 13.1 Å². The van der Waals surface area contributed by atoms with E-state index >= 15 is 0 Å². The average molecular weight is 332 g/mol. The van der Waals surface area contributed by atoms with Gasteiger partial charge in [0.25, 0.3) is 5.91 Å². The number of halogens is 1. The van der Waals surface area contributed by atoms with E-state index in [0.29, 0.717) is 23.7 Å². The van der Waals surface area contributed by atoms with Crippen LogP contribution in [0.2, 0.25) is 5.02 Å². The molecule has 0 aliphatic heterocycles. The van der Waals surface area contributed by atoms with Crippen LogP contribution >= 0.6 is 11.6 Å². The maximum Gasteiger partial charge on any atom is 0.252 e. The first-order valence-electron chi connectivity index (χ1n) is 7.70. The van der Waals surface area contributed by atoms with Crippen LogP contribution in [-0.4, -0.2) is 29.9 Å². The van der Waals surface area contributed by atoms with Gasteiger partial charge in [-0.15, -0.1) is 0 Å². The van der Waals surface area contributed by atoms with Crippen molar-refractivity contribution < 1.29 is 9.59 Å². The van der Waals surface area contributed by atoms with Crippen LogP contribution in [0.3, 0.4) is 0 Å². The van der Waals surface area contributed by atoms with Gasteiger partial charge in [-0.2, -0.15) is 0 Å². The molecule has 23 heavy (non-hydrogen) atoms. The number of hydrogen-bond acceptors (Lipinski definition) is 3. The van der Waals surface area contributed by atoms with Crippen LogP contribution in [0.25, 0.3) is 10.9 Å². The van der Waals surface area contributed by atoms with Crippen LogP contribution in [0.15, 0.2) is 18.2 Å². The number of fused-ring (bicyclic) bond motifs is 2. The van der Waals surface area contributed by atoms with Gasteiger partial charge in [-0.1, -0.05) is 11.6 Å². The van der Waals surface area contributed by atoms with E-state index in [-0.39, 0.29) is 11.8 Å². The van der Waals surface area contributed by atoms with E-state index in [9.17, 15) is 9.59 Å². The first-order chi connectivity index (χ1) is 11.1. The van der Waals surface area contributed by atoms with E-state index in [0.717, 1.165) is 41.4 Å². The van der Waals surface area contributed by atoms with E-state index in [1.165, 1.54) is 6.92 Å². The quantitative estimate of drug-likeness (QED) is 0.844. The third kappa shape index (κ3) is 3.29. The zero-order valence-corrected chi connectivity index (χ0v) is 13.7. The minimum Gasteiger partial charge on any atom is -0.355 e. The van der Waals surface area contributed by atoms with Crippen molar-refractivity contribution in [3.63, 3.8) is 0 Å². The molecule has 1 aromatic heterocycles. The Hall–Kier alpha value is -2.14. The standard InChI is InChI=1S/C17H18ClN3O2/c1-10(22)19-7-8-20-17(23)16-12-3-2-4-14(12)21-15-6-5-11(18)9-13(15)16/h5-6,9H,2-4,7-8H2,1H3,(H,19,22)(H,20,23). The lowest BCUT2D eigenvalue weighted by molar-refractivity contribution is -0.118. The summed E-state index contributed by atoms with van der Waals surface area (Å²) in [6, 6.07) is 5.44. The highest BCUT2D eigenvalue weighted by Gasteiger charge is 2.23. The summed E-state index contributed by atoms with van der Waals surface area (Å²) < 4.78 is 0. The summed E-state index contributed by atoms with van der Waals surface area (Å²) in [6.45, 7) is 2.25. The zero-order valence-electron chi connectivity index (χ0n) is 12.9. The Kier molecular flexibility index (Phi) is 4.48. The molecule has 0 spiro atoms. The number of carbonyl (C=O) groups is 2. The molecular weight excluding hydrogens is 314 g/mol. The number of hydrogen-bond donors (Lipinski definition) is 2. The minimum atomic E-state index is -0.136. The monoisotopic (exact) mass is 331 g/mol. The molecular formula is C17H18ClN3O2. The van der Waals surface area contributed by atoms with Gasteiger partial charge in [-0.25, -0.2) is 0 Å². The van der Waals surface area contributed by atoms with Gasteiger partial charge in [0.15, 0.2) is 0 Å². The minimum absolute atomic E-state index is 0.110. The molecule has 3 rings (SSSR count). The molecule has 0 radical (unpaired) electrons. The van der Waals surface area contributed by atoms with Crippen LogP contribution in [0, 0.1) is 0 Å². The van der Waals surface area contributed by atoms with E-state index in [1.54, 1.807) is 12.1 Å². The predicted octanol–water partition coefficient (Wildman–Crippen LogP) is 2.24. The van der Waals surface area contributed by atoms with E-state index < -0.39 is 0 Å². The van der Waals surface area contributed by atoms with Gasteiger partial charge >= 0.3 is 0 Å². The Morgan fingerprint density at radius 3 is 2.78 bits per heavy atom. The van der Waals surface area contributed by atoms with E-state index in [2.05, 4.69) is 15.6 Å². The fraction of sp³-hybridized carbons (Fsp3) is 0.353. The first kappa shape index (κ1) is 15.7. The average Bonchev–Trinajstić information content (AvgIpc) is 2.96. The van der Waals surface area contributed by atoms with Gasteiger partial charge in [0.2, 0.25) is 5.91 Å². The number of aryl methyl sites for hydroxylation is 1. The highest BCUT2D eigenvalue weighted by Crippen LogP contribution is 2.31. The molecule has 1 aliphatic carbocycles. The summed E-state index contributed by atoms with van der Waals surface area (Å²) in [5.74, 6) is -0.246. The molecule has 0 fully saturated rings. The third-order valence-corrected chi connectivity index (χ3v) is 4.22. The van der Waals surface area contributed by atoms with Crippen molar-refractivity contribution in [2.45, 2.75) is 26.2 Å². The summed E-state index contributed by atoms with van der Waals surface area (Å²) in [5, 5.41) is 6.91. The van der Waals surface area contributed by atoms with Crippen molar-refractivity contribution in [1.82, 2.24) is 15.6 Å². The van der Waals surface area contributed by atoms with Crippen molar-refractivity contribution in [3.8, 4) is 0 Å². The lowest BCUT2D eigenvalue weighted by Gasteiger charge is -2.13. The fourth-order valence-electron chi connectivity index (χ4n) is 3.00. The lowest BCUT2D eigenvalue weighted by Crippen LogP contribution is -2.34. The Balaban J connectivity index is 1.93. The molecule has 0 unspecified atom stereocenters. The van der Waals surface area contributed by atoms with Crippen molar-refractivity contribution in [3.05, 3.63) is 40.0 Å². The molecule has 2 aromatic rings. The second-order valence-electron chi connectivity index (χ2n) is 5.67. The molecule has 6 heteroatoms. The SMILES string of the molecule is CC(=O)NCCNC(=O)c1c2c(nc3ccc(Cl)cc13)CCC2. The highest BCUT2D eigenvalue weighted by molar-refractivity contribution is 6.31. The van der Waals surface area contributed by atoms with Gasteiger partial charge in [-0.3, -0.25) is 14.6 Å². The van der Waals surface area contributed by atoms with Crippen LogP contribution in [0.4, 0.5) is 0 Å². The van der Waals surface area contributed by atoms with E-state index in [1.807, 2.05) is 6.07 Å². The Morgan fingerprint density at radius 1 is 1.22 bits per heavy atom. The summed E-state index contributed by atoms with van der Waals surface area (Å²) >= 11 is 6.10. The molecule has 1 aliphatic rings. The van der Waals surface area contributed by atoms with Crippen molar-refractivity contribution in [1.29, 1.82) is 0 Å². The summed E-state index contributed by atoms with van der Waals surface area (Å²) in [6.07, 6.45) is 2.78. The van der Waals surface area contributed by atoms with Gasteiger partial charge in [0.05, 0.1) is 11.1 Å². The van der Waals surface area contributed by atoms with Gasteiger partial charge in [-0.05, 0) is 43.0 Å². The van der Waals surface area contributed by atoms with Gasteiger partial charge in [0, 0.05) is 36.1 Å². The number of benzene rings is 1. The van der Waals surface area contributed by atoms with Crippen molar-refractivity contribution in [2.24, 2.45) is 0 Å². The predicted molar refractivity (Wildman–Crippen MR) is 89.8 cm³/mol. The largest absolute Gasteiger partial charge is 0.355 e. The molecule has 0 saturated carbocycles. The van der Waals surface area contributed by atoms with E-state index in [4.69, 9.17) is 11.6 Å². The number of nitrogens with one attached hydrogen (secondary N) is 2. The van der Waals surface area contributed by atoms with Crippen LogP contribution in [-0.2, 0) is 17.6 Å². The molecule has 2 N–H and O–H groups in total. The van der Waals surface area contributed by atoms with Crippen LogP contribution in [0.5, 0.6) is 0 Å². The number of aromatic nitrogens is 1. The Bertz CT molecular complexity index is 789. The third-order valence-electron chi connectivity index (χ3n) is 3.99. The van der Waals surface area contributed by atoms with Crippen molar-refractivity contribution >= 4 is 34.3 Å². The maximum atomic E-state index is 12.7. The number of rotatable bonds is 4. The topological polar surface area (TPSA) is 71.1 Å². The van der Waals surface area contributed by atoms with Gasteiger partial charge in [0.1, 0.15) is 0 Å². The summed E-state index contributed by atoms with van der Waals surface area (Å²) in [7, 11) is 0. The Labute approximate surface area is 139 Å². The lowest BCUT2D eigenvalue weighted by atomic mass is 10.0. The molecule has 0 atom stereocenters. The number of pyridine rings is 1.